The Bertz CT molecular complexity index is 549. The van der Waals surface area contributed by atoms with Crippen LogP contribution in [-0.2, 0) is 6.42 Å². The topological polar surface area (TPSA) is 56.0 Å². The van der Waals surface area contributed by atoms with Gasteiger partial charge in [0.05, 0.1) is 5.69 Å². The zero-order valence-electron chi connectivity index (χ0n) is 9.68. The van der Waals surface area contributed by atoms with E-state index < -0.39 is 5.91 Å². The summed E-state index contributed by atoms with van der Waals surface area (Å²) in [6.45, 7) is 2.08. The Balaban J connectivity index is 2.56. The van der Waals surface area contributed by atoms with E-state index in [0.29, 0.717) is 5.56 Å². The molecule has 0 fully saturated rings. The minimum absolute atomic E-state index is 0.427. The summed E-state index contributed by atoms with van der Waals surface area (Å²) >= 11 is 0. The van der Waals surface area contributed by atoms with Crippen molar-refractivity contribution in [3.8, 4) is 11.3 Å². The molecular formula is C14H14N2O. The lowest BCUT2D eigenvalue weighted by molar-refractivity contribution is 0.100. The van der Waals surface area contributed by atoms with E-state index in [1.54, 1.807) is 18.3 Å². The molecule has 86 valence electrons. The summed E-state index contributed by atoms with van der Waals surface area (Å²) in [5, 5.41) is 0. The molecule has 3 heteroatoms. The van der Waals surface area contributed by atoms with E-state index in [1.807, 2.05) is 24.3 Å². The van der Waals surface area contributed by atoms with Gasteiger partial charge in [-0.2, -0.15) is 0 Å². The van der Waals surface area contributed by atoms with Crippen LogP contribution in [-0.4, -0.2) is 10.9 Å². The van der Waals surface area contributed by atoms with Gasteiger partial charge in [0.15, 0.2) is 0 Å². The number of aryl methyl sites for hydroxylation is 1. The number of primary amides is 1. The van der Waals surface area contributed by atoms with Crippen molar-refractivity contribution in [1.29, 1.82) is 0 Å². The number of hydrogen-bond acceptors (Lipinski definition) is 2. The second kappa shape index (κ2) is 4.78. The lowest BCUT2D eigenvalue weighted by atomic mass is 10.0. The Labute approximate surface area is 100 Å². The molecule has 0 radical (unpaired) electrons. The zero-order chi connectivity index (χ0) is 12.3. The first kappa shape index (κ1) is 11.3. The fraction of sp³-hybridized carbons (Fsp3) is 0.143. The minimum Gasteiger partial charge on any atom is -0.366 e. The van der Waals surface area contributed by atoms with Gasteiger partial charge in [-0.1, -0.05) is 25.1 Å². The van der Waals surface area contributed by atoms with Crippen LogP contribution < -0.4 is 5.73 Å². The molecule has 0 unspecified atom stereocenters. The summed E-state index contributed by atoms with van der Waals surface area (Å²) < 4.78 is 0. The fourth-order valence-electron chi connectivity index (χ4n) is 1.76. The molecular weight excluding hydrogens is 212 g/mol. The number of amides is 1. The van der Waals surface area contributed by atoms with Gasteiger partial charge in [0.2, 0.25) is 5.91 Å². The Hall–Kier alpha value is -2.16. The molecule has 17 heavy (non-hydrogen) atoms. The maximum absolute atomic E-state index is 11.3. The summed E-state index contributed by atoms with van der Waals surface area (Å²) in [5.41, 5.74) is 8.63. The summed E-state index contributed by atoms with van der Waals surface area (Å²) in [5.74, 6) is -0.427. The molecule has 0 saturated heterocycles. The molecule has 0 spiro atoms. The molecule has 2 aromatic rings. The van der Waals surface area contributed by atoms with Gasteiger partial charge in [-0.15, -0.1) is 0 Å². The van der Waals surface area contributed by atoms with Gasteiger partial charge in [0, 0.05) is 17.3 Å². The SMILES string of the molecule is CCc1ccnc(-c2ccccc2C(N)=O)c1. The van der Waals surface area contributed by atoms with E-state index in [9.17, 15) is 4.79 Å². The fourth-order valence-corrected chi connectivity index (χ4v) is 1.76. The lowest BCUT2D eigenvalue weighted by Crippen LogP contribution is -2.12. The van der Waals surface area contributed by atoms with Crippen LogP contribution in [0, 0.1) is 0 Å². The highest BCUT2D eigenvalue weighted by molar-refractivity contribution is 5.99. The van der Waals surface area contributed by atoms with Gasteiger partial charge in [-0.05, 0) is 30.2 Å². The Morgan fingerprint density at radius 2 is 2.06 bits per heavy atom. The molecule has 0 aliphatic carbocycles. The molecule has 2 rings (SSSR count). The first-order valence-corrected chi connectivity index (χ1v) is 5.56. The Morgan fingerprint density at radius 3 is 2.76 bits per heavy atom. The normalized spacial score (nSPS) is 10.2. The molecule has 0 aliphatic rings. The zero-order valence-corrected chi connectivity index (χ0v) is 9.68. The molecule has 1 heterocycles. The average molecular weight is 226 g/mol. The van der Waals surface area contributed by atoms with Crippen molar-refractivity contribution in [3.63, 3.8) is 0 Å². The number of hydrogen-bond donors (Lipinski definition) is 1. The molecule has 1 aromatic carbocycles. The van der Waals surface area contributed by atoms with E-state index >= 15 is 0 Å². The van der Waals surface area contributed by atoms with E-state index in [4.69, 9.17) is 5.73 Å². The van der Waals surface area contributed by atoms with Gasteiger partial charge in [-0.25, -0.2) is 0 Å². The van der Waals surface area contributed by atoms with Crippen LogP contribution in [0.3, 0.4) is 0 Å². The highest BCUT2D eigenvalue weighted by Gasteiger charge is 2.10. The second-order valence-corrected chi connectivity index (χ2v) is 3.81. The third-order valence-corrected chi connectivity index (χ3v) is 2.70. The van der Waals surface area contributed by atoms with Crippen LogP contribution in [0.2, 0.25) is 0 Å². The van der Waals surface area contributed by atoms with Crippen molar-refractivity contribution in [2.75, 3.05) is 0 Å². The molecule has 1 amide bonds. The molecule has 0 atom stereocenters. The number of benzene rings is 1. The van der Waals surface area contributed by atoms with Crippen molar-refractivity contribution < 1.29 is 4.79 Å². The lowest BCUT2D eigenvalue weighted by Gasteiger charge is -2.06. The maximum atomic E-state index is 11.3. The standard InChI is InChI=1S/C14H14N2O/c1-2-10-7-8-16-13(9-10)11-5-3-4-6-12(11)14(15)17/h3-9H,2H2,1H3,(H2,15,17). The van der Waals surface area contributed by atoms with Gasteiger partial charge < -0.3 is 5.73 Å². The van der Waals surface area contributed by atoms with E-state index in [1.165, 1.54) is 5.56 Å². The summed E-state index contributed by atoms with van der Waals surface area (Å²) in [7, 11) is 0. The van der Waals surface area contributed by atoms with Crippen molar-refractivity contribution in [3.05, 3.63) is 53.7 Å². The Kier molecular flexibility index (Phi) is 3.19. The average Bonchev–Trinajstić information content (AvgIpc) is 2.39. The number of carbonyl (C=O) groups is 1. The van der Waals surface area contributed by atoms with Crippen LogP contribution in [0.1, 0.15) is 22.8 Å². The smallest absolute Gasteiger partial charge is 0.249 e. The third kappa shape index (κ3) is 2.33. The van der Waals surface area contributed by atoms with Gasteiger partial charge in [0.1, 0.15) is 0 Å². The Morgan fingerprint density at radius 1 is 1.29 bits per heavy atom. The van der Waals surface area contributed by atoms with Gasteiger partial charge in [-0.3, -0.25) is 9.78 Å². The van der Waals surface area contributed by atoms with Gasteiger partial charge >= 0.3 is 0 Å². The largest absolute Gasteiger partial charge is 0.366 e. The monoisotopic (exact) mass is 226 g/mol. The van der Waals surface area contributed by atoms with Gasteiger partial charge in [0.25, 0.3) is 0 Å². The van der Waals surface area contributed by atoms with Crippen LogP contribution in [0.25, 0.3) is 11.3 Å². The van der Waals surface area contributed by atoms with Crippen LogP contribution in [0.5, 0.6) is 0 Å². The summed E-state index contributed by atoms with van der Waals surface area (Å²) in [6.07, 6.45) is 2.69. The molecule has 0 aliphatic heterocycles. The quantitative estimate of drug-likeness (QED) is 0.873. The predicted octanol–water partition coefficient (Wildman–Crippen LogP) is 2.41. The number of nitrogens with zero attached hydrogens (tertiary/aromatic N) is 1. The molecule has 3 nitrogen and oxygen atoms in total. The third-order valence-electron chi connectivity index (χ3n) is 2.70. The first-order chi connectivity index (χ1) is 8.22. The van der Waals surface area contributed by atoms with E-state index in [2.05, 4.69) is 11.9 Å². The van der Waals surface area contributed by atoms with E-state index in [-0.39, 0.29) is 0 Å². The number of pyridine rings is 1. The summed E-state index contributed by atoms with van der Waals surface area (Å²) in [4.78, 5) is 15.6. The summed E-state index contributed by atoms with van der Waals surface area (Å²) in [6, 6.07) is 11.2. The first-order valence-electron chi connectivity index (χ1n) is 5.56. The molecule has 0 bridgehead atoms. The number of rotatable bonds is 3. The molecule has 1 aromatic heterocycles. The molecule has 2 N–H and O–H groups in total. The maximum Gasteiger partial charge on any atom is 0.249 e. The predicted molar refractivity (Wildman–Crippen MR) is 67.6 cm³/mol. The number of aromatic nitrogens is 1. The highest BCUT2D eigenvalue weighted by atomic mass is 16.1. The highest BCUT2D eigenvalue weighted by Crippen LogP contribution is 2.22. The van der Waals surface area contributed by atoms with Crippen molar-refractivity contribution >= 4 is 5.91 Å². The van der Waals surface area contributed by atoms with E-state index in [0.717, 1.165) is 17.7 Å². The van der Waals surface area contributed by atoms with Crippen LogP contribution >= 0.6 is 0 Å². The van der Waals surface area contributed by atoms with Crippen LogP contribution in [0.4, 0.5) is 0 Å². The molecule has 0 saturated carbocycles. The minimum atomic E-state index is -0.427. The number of nitrogens with two attached hydrogens (primary N) is 1. The second-order valence-electron chi connectivity index (χ2n) is 3.81. The van der Waals surface area contributed by atoms with Crippen molar-refractivity contribution in [2.24, 2.45) is 5.73 Å². The number of carbonyl (C=O) groups excluding carboxylic acids is 1. The van der Waals surface area contributed by atoms with Crippen molar-refractivity contribution in [2.45, 2.75) is 13.3 Å². The van der Waals surface area contributed by atoms with Crippen LogP contribution in [0.15, 0.2) is 42.6 Å². The van der Waals surface area contributed by atoms with Crippen molar-refractivity contribution in [1.82, 2.24) is 4.98 Å².